The number of hydrogen-bond donors (Lipinski definition) is 0. The summed E-state index contributed by atoms with van der Waals surface area (Å²) in [6, 6.07) is -0.533. The van der Waals surface area contributed by atoms with E-state index in [2.05, 4.69) is 12.2 Å². The maximum atomic E-state index is 12.3. The van der Waals surface area contributed by atoms with Gasteiger partial charge in [0.2, 0.25) is 0 Å². The van der Waals surface area contributed by atoms with Gasteiger partial charge in [0.1, 0.15) is 11.6 Å². The molecule has 2 rings (SSSR count). The minimum atomic E-state index is -0.568. The molecule has 2 aliphatic rings. The van der Waals surface area contributed by atoms with Crippen LogP contribution < -0.4 is 0 Å². The van der Waals surface area contributed by atoms with Gasteiger partial charge in [-0.05, 0) is 45.4 Å². The van der Waals surface area contributed by atoms with Crippen LogP contribution in [0.25, 0.3) is 0 Å². The molecule has 0 aromatic heterocycles. The third-order valence-electron chi connectivity index (χ3n) is 3.88. The summed E-state index contributed by atoms with van der Waals surface area (Å²) in [6.07, 6.45) is 6.25. The van der Waals surface area contributed by atoms with Crippen molar-refractivity contribution in [3.05, 3.63) is 12.2 Å². The minimum absolute atomic E-state index is 0.0181. The first kappa shape index (κ1) is 14.9. The van der Waals surface area contributed by atoms with Crippen LogP contribution in [0.2, 0.25) is 0 Å². The number of esters is 1. The molecule has 0 radical (unpaired) electrons. The Labute approximate surface area is 119 Å². The zero-order valence-electron chi connectivity index (χ0n) is 12.6. The minimum Gasteiger partial charge on any atom is -0.467 e. The average Bonchev–Trinajstić information content (AvgIpc) is 2.94. The maximum Gasteiger partial charge on any atom is 0.411 e. The van der Waals surface area contributed by atoms with Crippen molar-refractivity contribution < 1.29 is 19.1 Å². The molecule has 112 valence electrons. The summed E-state index contributed by atoms with van der Waals surface area (Å²) < 4.78 is 10.2. The van der Waals surface area contributed by atoms with Crippen molar-refractivity contribution in [2.24, 2.45) is 5.41 Å². The number of hydrogen-bond acceptors (Lipinski definition) is 4. The van der Waals surface area contributed by atoms with Gasteiger partial charge in [0.25, 0.3) is 0 Å². The number of amides is 1. The summed E-state index contributed by atoms with van der Waals surface area (Å²) in [7, 11) is 1.35. The summed E-state index contributed by atoms with van der Waals surface area (Å²) in [5.74, 6) is -0.361. The van der Waals surface area contributed by atoms with Gasteiger partial charge >= 0.3 is 12.1 Å². The highest BCUT2D eigenvalue weighted by Crippen LogP contribution is 2.45. The Hall–Kier alpha value is -1.52. The van der Waals surface area contributed by atoms with E-state index in [1.165, 1.54) is 12.0 Å². The molecule has 1 amide bonds. The van der Waals surface area contributed by atoms with Crippen molar-refractivity contribution in [1.82, 2.24) is 4.90 Å². The Morgan fingerprint density at radius 2 is 1.85 bits per heavy atom. The summed E-state index contributed by atoms with van der Waals surface area (Å²) in [6.45, 7) is 6.01. The van der Waals surface area contributed by atoms with Crippen molar-refractivity contribution in [3.8, 4) is 0 Å². The van der Waals surface area contributed by atoms with Crippen molar-refractivity contribution >= 4 is 12.1 Å². The quantitative estimate of drug-likeness (QED) is 0.547. The zero-order valence-corrected chi connectivity index (χ0v) is 12.6. The predicted octanol–water partition coefficient (Wildman–Crippen LogP) is 2.51. The fraction of sp³-hybridized carbons (Fsp3) is 0.733. The highest BCUT2D eigenvalue weighted by molar-refractivity contribution is 5.82. The lowest BCUT2D eigenvalue weighted by atomic mass is 9.83. The second-order valence-electron chi connectivity index (χ2n) is 6.73. The molecule has 20 heavy (non-hydrogen) atoms. The molecule has 0 bridgehead atoms. The molecule has 5 heteroatoms. The van der Waals surface area contributed by atoms with Crippen LogP contribution in [0.15, 0.2) is 12.2 Å². The lowest BCUT2D eigenvalue weighted by Crippen LogP contribution is -2.44. The van der Waals surface area contributed by atoms with E-state index in [-0.39, 0.29) is 11.4 Å². The SMILES string of the molecule is COC(=O)C1CC2(CC=CC2)CN1C(=O)OC(C)(C)C. The fourth-order valence-corrected chi connectivity index (χ4v) is 2.96. The predicted molar refractivity (Wildman–Crippen MR) is 74.2 cm³/mol. The van der Waals surface area contributed by atoms with Gasteiger partial charge in [-0.2, -0.15) is 0 Å². The Morgan fingerprint density at radius 3 is 2.35 bits per heavy atom. The van der Waals surface area contributed by atoms with Gasteiger partial charge in [0.05, 0.1) is 7.11 Å². The second kappa shape index (κ2) is 5.11. The van der Waals surface area contributed by atoms with E-state index in [0.717, 1.165) is 12.8 Å². The number of methoxy groups -OCH3 is 1. The van der Waals surface area contributed by atoms with Crippen molar-refractivity contribution in [2.45, 2.75) is 51.7 Å². The molecule has 5 nitrogen and oxygen atoms in total. The molecule has 1 unspecified atom stereocenters. The van der Waals surface area contributed by atoms with E-state index in [1.54, 1.807) is 0 Å². The molecule has 1 aliphatic carbocycles. The van der Waals surface area contributed by atoms with Gasteiger partial charge in [-0.1, -0.05) is 12.2 Å². The van der Waals surface area contributed by atoms with E-state index in [4.69, 9.17) is 9.47 Å². The standard InChI is InChI=1S/C15H23NO4/c1-14(2,3)20-13(18)16-10-15(7-5-6-8-15)9-11(16)12(17)19-4/h5-6,11H,7-10H2,1-4H3. The molecule has 1 spiro atoms. The third-order valence-corrected chi connectivity index (χ3v) is 3.88. The summed E-state index contributed by atoms with van der Waals surface area (Å²) >= 11 is 0. The molecule has 0 saturated carbocycles. The smallest absolute Gasteiger partial charge is 0.411 e. The van der Waals surface area contributed by atoms with E-state index >= 15 is 0 Å². The number of ether oxygens (including phenoxy) is 2. The number of carbonyl (C=O) groups excluding carboxylic acids is 2. The lowest BCUT2D eigenvalue weighted by Gasteiger charge is -2.28. The van der Waals surface area contributed by atoms with E-state index < -0.39 is 17.7 Å². The van der Waals surface area contributed by atoms with Gasteiger partial charge in [-0.15, -0.1) is 0 Å². The number of carbonyl (C=O) groups is 2. The fourth-order valence-electron chi connectivity index (χ4n) is 2.96. The van der Waals surface area contributed by atoms with Crippen LogP contribution >= 0.6 is 0 Å². The number of nitrogens with zero attached hydrogens (tertiary/aromatic N) is 1. The van der Waals surface area contributed by atoms with Crippen LogP contribution in [0, 0.1) is 5.41 Å². The summed E-state index contributed by atoms with van der Waals surface area (Å²) in [5.41, 5.74) is -0.586. The Bertz CT molecular complexity index is 428. The number of allylic oxidation sites excluding steroid dienone is 2. The zero-order chi connectivity index (χ0) is 15.0. The molecule has 0 aromatic carbocycles. The molecule has 1 aliphatic heterocycles. The van der Waals surface area contributed by atoms with Gasteiger partial charge in [-0.25, -0.2) is 9.59 Å². The van der Waals surface area contributed by atoms with E-state index in [0.29, 0.717) is 13.0 Å². The third kappa shape index (κ3) is 2.97. The van der Waals surface area contributed by atoms with Gasteiger partial charge in [0, 0.05) is 6.54 Å². The molecule has 1 heterocycles. The van der Waals surface area contributed by atoms with Crippen molar-refractivity contribution in [2.75, 3.05) is 13.7 Å². The van der Waals surface area contributed by atoms with E-state index in [9.17, 15) is 9.59 Å². The number of rotatable bonds is 1. The molecule has 0 aromatic rings. The van der Waals surface area contributed by atoms with Crippen LogP contribution in [0.1, 0.15) is 40.0 Å². The number of likely N-dealkylation sites (tertiary alicyclic amines) is 1. The van der Waals surface area contributed by atoms with Crippen LogP contribution in [0.4, 0.5) is 4.79 Å². The van der Waals surface area contributed by atoms with E-state index in [1.807, 2.05) is 20.8 Å². The van der Waals surface area contributed by atoms with Gasteiger partial charge < -0.3 is 9.47 Å². The molecule has 0 N–H and O–H groups in total. The first-order chi connectivity index (χ1) is 9.26. The highest BCUT2D eigenvalue weighted by Gasteiger charge is 2.50. The van der Waals surface area contributed by atoms with Crippen molar-refractivity contribution in [3.63, 3.8) is 0 Å². The Morgan fingerprint density at radius 1 is 1.25 bits per heavy atom. The van der Waals surface area contributed by atoms with Gasteiger partial charge in [-0.3, -0.25) is 4.90 Å². The van der Waals surface area contributed by atoms with Crippen LogP contribution in [-0.2, 0) is 14.3 Å². The molecular weight excluding hydrogens is 258 g/mol. The van der Waals surface area contributed by atoms with Crippen LogP contribution in [-0.4, -0.2) is 42.3 Å². The first-order valence-corrected chi connectivity index (χ1v) is 6.99. The Kier molecular flexibility index (Phi) is 3.80. The average molecular weight is 281 g/mol. The monoisotopic (exact) mass is 281 g/mol. The maximum absolute atomic E-state index is 12.3. The molecule has 1 atom stereocenters. The van der Waals surface area contributed by atoms with Gasteiger partial charge in [0.15, 0.2) is 0 Å². The highest BCUT2D eigenvalue weighted by atomic mass is 16.6. The molecular formula is C15H23NO4. The normalized spacial score (nSPS) is 24.2. The summed E-state index contributed by atoms with van der Waals surface area (Å²) in [4.78, 5) is 25.8. The van der Waals surface area contributed by atoms with Crippen molar-refractivity contribution in [1.29, 1.82) is 0 Å². The lowest BCUT2D eigenvalue weighted by molar-refractivity contribution is -0.145. The molecule has 1 fully saturated rings. The summed E-state index contributed by atoms with van der Waals surface area (Å²) in [5, 5.41) is 0. The van der Waals surface area contributed by atoms with Crippen LogP contribution in [0.3, 0.4) is 0 Å². The van der Waals surface area contributed by atoms with Crippen LogP contribution in [0.5, 0.6) is 0 Å². The first-order valence-electron chi connectivity index (χ1n) is 6.99. The topological polar surface area (TPSA) is 55.8 Å². The molecule has 1 saturated heterocycles. The second-order valence-corrected chi connectivity index (χ2v) is 6.73. The largest absolute Gasteiger partial charge is 0.467 e. The Balaban J connectivity index is 2.15.